The third kappa shape index (κ3) is 5.37. The van der Waals surface area contributed by atoms with Gasteiger partial charge in [0.05, 0.1) is 11.4 Å². The zero-order valence-electron chi connectivity index (χ0n) is 16.9. The highest BCUT2D eigenvalue weighted by Crippen LogP contribution is 2.19. The van der Waals surface area contributed by atoms with E-state index in [1.54, 1.807) is 0 Å². The summed E-state index contributed by atoms with van der Waals surface area (Å²) in [6.45, 7) is 12.3. The van der Waals surface area contributed by atoms with Crippen LogP contribution in [0.5, 0.6) is 0 Å². The molecule has 3 heterocycles. The third-order valence-electron chi connectivity index (χ3n) is 5.36. The van der Waals surface area contributed by atoms with E-state index in [-0.39, 0.29) is 6.61 Å². The fourth-order valence-corrected chi connectivity index (χ4v) is 3.93. The summed E-state index contributed by atoms with van der Waals surface area (Å²) in [6, 6.07) is 6.57. The maximum absolute atomic E-state index is 9.55. The molecule has 1 N–H and O–H groups in total. The van der Waals surface area contributed by atoms with E-state index in [1.165, 1.54) is 5.56 Å². The first-order chi connectivity index (χ1) is 13.1. The highest BCUT2D eigenvalue weighted by Gasteiger charge is 2.27. The van der Waals surface area contributed by atoms with Crippen molar-refractivity contribution >= 4 is 0 Å². The molecule has 1 aliphatic heterocycles. The highest BCUT2D eigenvalue weighted by molar-refractivity contribution is 5.15. The Morgan fingerprint density at radius 2 is 2.04 bits per heavy atom. The van der Waals surface area contributed by atoms with Crippen LogP contribution in [0, 0.1) is 13.8 Å². The van der Waals surface area contributed by atoms with Gasteiger partial charge in [-0.3, -0.25) is 19.5 Å². The van der Waals surface area contributed by atoms with Crippen molar-refractivity contribution in [1.29, 1.82) is 0 Å². The van der Waals surface area contributed by atoms with Crippen molar-refractivity contribution < 1.29 is 5.11 Å². The molecule has 6 heteroatoms. The number of rotatable bonds is 8. The highest BCUT2D eigenvalue weighted by atomic mass is 16.3. The maximum atomic E-state index is 9.55. The second-order valence-electron chi connectivity index (χ2n) is 7.64. The van der Waals surface area contributed by atoms with Crippen LogP contribution in [0.4, 0.5) is 0 Å². The van der Waals surface area contributed by atoms with Gasteiger partial charge in [-0.2, -0.15) is 5.10 Å². The van der Waals surface area contributed by atoms with E-state index in [0.29, 0.717) is 6.04 Å². The molecule has 0 amide bonds. The van der Waals surface area contributed by atoms with Crippen LogP contribution >= 0.6 is 0 Å². The van der Waals surface area contributed by atoms with Gasteiger partial charge in [-0.1, -0.05) is 13.0 Å². The molecule has 1 aliphatic rings. The lowest BCUT2D eigenvalue weighted by molar-refractivity contribution is 0.0490. The molecule has 0 bridgehead atoms. The Kier molecular flexibility index (Phi) is 6.99. The van der Waals surface area contributed by atoms with Crippen LogP contribution in [0.3, 0.4) is 0 Å². The van der Waals surface area contributed by atoms with Crippen molar-refractivity contribution in [2.75, 3.05) is 26.2 Å². The van der Waals surface area contributed by atoms with E-state index in [9.17, 15) is 5.11 Å². The van der Waals surface area contributed by atoms with Crippen molar-refractivity contribution in [3.63, 3.8) is 0 Å². The molecule has 2 aromatic heterocycles. The van der Waals surface area contributed by atoms with E-state index < -0.39 is 0 Å². The molecular weight excluding hydrogens is 338 g/mol. The first-order valence-corrected chi connectivity index (χ1v) is 10.1. The number of piperazine rings is 1. The Morgan fingerprint density at radius 1 is 1.19 bits per heavy atom. The molecular formula is C21H33N5O. The largest absolute Gasteiger partial charge is 0.396 e. The number of aliphatic hydroxyl groups excluding tert-OH is 1. The quantitative estimate of drug-likeness (QED) is 0.772. The predicted octanol–water partition coefficient (Wildman–Crippen LogP) is 2.37. The van der Waals surface area contributed by atoms with Crippen LogP contribution < -0.4 is 0 Å². The standard InChI is InChI=1S/C21H33N5O/c1-4-9-26-14-19(18(3)23-26)13-24-10-11-25(21(16-24)8-12-27)15-20-7-5-6-17(2)22-20/h5-7,14,21,27H,4,8-13,15-16H2,1-3H3. The molecule has 1 saturated heterocycles. The molecule has 1 atom stereocenters. The zero-order chi connectivity index (χ0) is 19.2. The maximum Gasteiger partial charge on any atom is 0.0638 e. The van der Waals surface area contributed by atoms with E-state index >= 15 is 0 Å². The van der Waals surface area contributed by atoms with Gasteiger partial charge in [-0.05, 0) is 38.8 Å². The SMILES string of the molecule is CCCn1cc(CN2CCN(Cc3cccc(C)n3)C(CCO)C2)c(C)n1. The average molecular weight is 372 g/mol. The summed E-state index contributed by atoms with van der Waals surface area (Å²) >= 11 is 0. The normalized spacial score (nSPS) is 18.9. The molecule has 0 saturated carbocycles. The number of hydrogen-bond donors (Lipinski definition) is 1. The van der Waals surface area contributed by atoms with E-state index in [1.807, 2.05) is 13.0 Å². The smallest absolute Gasteiger partial charge is 0.0638 e. The second-order valence-corrected chi connectivity index (χ2v) is 7.64. The van der Waals surface area contributed by atoms with Gasteiger partial charge < -0.3 is 5.11 Å². The lowest BCUT2D eigenvalue weighted by atomic mass is 10.1. The Hall–Kier alpha value is -1.76. The van der Waals surface area contributed by atoms with Gasteiger partial charge in [0, 0.05) is 69.4 Å². The molecule has 0 radical (unpaired) electrons. The van der Waals surface area contributed by atoms with Crippen LogP contribution in [-0.2, 0) is 19.6 Å². The molecule has 0 spiro atoms. The topological polar surface area (TPSA) is 57.4 Å². The zero-order valence-corrected chi connectivity index (χ0v) is 16.9. The summed E-state index contributed by atoms with van der Waals surface area (Å²) in [5, 5.41) is 14.2. The minimum atomic E-state index is 0.226. The van der Waals surface area contributed by atoms with Gasteiger partial charge in [-0.15, -0.1) is 0 Å². The number of aliphatic hydroxyl groups is 1. The monoisotopic (exact) mass is 371 g/mol. The molecule has 0 aliphatic carbocycles. The van der Waals surface area contributed by atoms with E-state index in [0.717, 1.165) is 69.2 Å². The predicted molar refractivity (Wildman–Crippen MR) is 107 cm³/mol. The van der Waals surface area contributed by atoms with E-state index in [2.05, 4.69) is 56.7 Å². The van der Waals surface area contributed by atoms with Crippen molar-refractivity contribution in [2.24, 2.45) is 0 Å². The number of hydrogen-bond acceptors (Lipinski definition) is 5. The minimum absolute atomic E-state index is 0.226. The summed E-state index contributed by atoms with van der Waals surface area (Å²) in [5.74, 6) is 0. The average Bonchev–Trinajstić information content (AvgIpc) is 2.97. The molecule has 148 valence electrons. The summed E-state index contributed by atoms with van der Waals surface area (Å²) in [4.78, 5) is 9.63. The molecule has 2 aromatic rings. The minimum Gasteiger partial charge on any atom is -0.396 e. The van der Waals surface area contributed by atoms with Gasteiger partial charge in [-0.25, -0.2) is 0 Å². The van der Waals surface area contributed by atoms with Gasteiger partial charge in [0.1, 0.15) is 0 Å². The first kappa shape index (κ1) is 20.0. The number of pyridine rings is 1. The summed E-state index contributed by atoms with van der Waals surface area (Å²) < 4.78 is 2.07. The fourth-order valence-electron chi connectivity index (χ4n) is 3.93. The molecule has 3 rings (SSSR count). The molecule has 0 aromatic carbocycles. The van der Waals surface area contributed by atoms with Crippen LogP contribution in [0.25, 0.3) is 0 Å². The molecule has 1 fully saturated rings. The van der Waals surface area contributed by atoms with Crippen molar-refractivity contribution in [2.45, 2.75) is 59.3 Å². The van der Waals surface area contributed by atoms with Crippen LogP contribution in [0.2, 0.25) is 0 Å². The van der Waals surface area contributed by atoms with Gasteiger partial charge >= 0.3 is 0 Å². The van der Waals surface area contributed by atoms with Gasteiger partial charge in [0.15, 0.2) is 0 Å². The lowest BCUT2D eigenvalue weighted by Gasteiger charge is -2.41. The second kappa shape index (κ2) is 9.44. The molecule has 6 nitrogen and oxygen atoms in total. The summed E-state index contributed by atoms with van der Waals surface area (Å²) in [5.41, 5.74) is 4.63. The van der Waals surface area contributed by atoms with Gasteiger partial charge in [0.25, 0.3) is 0 Å². The van der Waals surface area contributed by atoms with Crippen LogP contribution in [-0.4, -0.2) is 62.0 Å². The van der Waals surface area contributed by atoms with Crippen molar-refractivity contribution in [1.82, 2.24) is 24.6 Å². The Balaban J connectivity index is 1.63. The Morgan fingerprint density at radius 3 is 2.78 bits per heavy atom. The van der Waals surface area contributed by atoms with Gasteiger partial charge in [0.2, 0.25) is 0 Å². The molecule has 1 unspecified atom stereocenters. The first-order valence-electron chi connectivity index (χ1n) is 10.1. The Bertz CT molecular complexity index is 729. The summed E-state index contributed by atoms with van der Waals surface area (Å²) in [7, 11) is 0. The van der Waals surface area contributed by atoms with Crippen LogP contribution in [0.15, 0.2) is 24.4 Å². The number of aryl methyl sites for hydroxylation is 3. The van der Waals surface area contributed by atoms with Crippen molar-refractivity contribution in [3.8, 4) is 0 Å². The number of aromatic nitrogens is 3. The lowest BCUT2D eigenvalue weighted by Crippen LogP contribution is -2.52. The fraction of sp³-hybridized carbons (Fsp3) is 0.619. The van der Waals surface area contributed by atoms with E-state index in [4.69, 9.17) is 0 Å². The Labute approximate surface area is 162 Å². The number of nitrogens with zero attached hydrogens (tertiary/aromatic N) is 5. The van der Waals surface area contributed by atoms with Crippen LogP contribution in [0.1, 0.15) is 42.4 Å². The third-order valence-corrected chi connectivity index (χ3v) is 5.36. The molecule has 27 heavy (non-hydrogen) atoms. The van der Waals surface area contributed by atoms with Crippen molar-refractivity contribution in [3.05, 3.63) is 47.0 Å². The summed E-state index contributed by atoms with van der Waals surface area (Å²) in [6.07, 6.45) is 4.10.